The quantitative estimate of drug-likeness (QED) is 0.813. The predicted molar refractivity (Wildman–Crippen MR) is 87.8 cm³/mol. The first-order valence-corrected chi connectivity index (χ1v) is 8.11. The standard InChI is InChI=1S/C16H25BrN2/c1-4-16(5-2)6-8-19(9-7-16)15-10-12(3)14(18)11-13(15)17/h10-11H,4-9,18H2,1-3H3. The van der Waals surface area contributed by atoms with Gasteiger partial charge in [0.1, 0.15) is 0 Å². The average Bonchev–Trinajstić information content (AvgIpc) is 2.43. The number of anilines is 2. The second kappa shape index (κ2) is 5.74. The SMILES string of the molecule is CCC1(CC)CCN(c2cc(C)c(N)cc2Br)CC1. The molecule has 0 atom stereocenters. The van der Waals surface area contributed by atoms with Gasteiger partial charge in [0.15, 0.2) is 0 Å². The van der Waals surface area contributed by atoms with Gasteiger partial charge in [-0.15, -0.1) is 0 Å². The second-order valence-electron chi connectivity index (χ2n) is 5.85. The summed E-state index contributed by atoms with van der Waals surface area (Å²) in [6, 6.07) is 4.25. The Morgan fingerprint density at radius 2 is 1.79 bits per heavy atom. The number of halogens is 1. The average molecular weight is 325 g/mol. The maximum absolute atomic E-state index is 5.96. The lowest BCUT2D eigenvalue weighted by molar-refractivity contribution is 0.199. The Balaban J connectivity index is 2.16. The Kier molecular flexibility index (Phi) is 4.44. The highest BCUT2D eigenvalue weighted by molar-refractivity contribution is 9.10. The molecule has 2 N–H and O–H groups in total. The molecule has 1 saturated heterocycles. The van der Waals surface area contributed by atoms with Gasteiger partial charge in [0.2, 0.25) is 0 Å². The van der Waals surface area contributed by atoms with Crippen LogP contribution in [0.5, 0.6) is 0 Å². The zero-order valence-electron chi connectivity index (χ0n) is 12.3. The second-order valence-corrected chi connectivity index (χ2v) is 6.71. The zero-order chi connectivity index (χ0) is 14.0. The monoisotopic (exact) mass is 324 g/mol. The van der Waals surface area contributed by atoms with Crippen LogP contribution in [-0.4, -0.2) is 13.1 Å². The van der Waals surface area contributed by atoms with Crippen molar-refractivity contribution < 1.29 is 0 Å². The van der Waals surface area contributed by atoms with Gasteiger partial charge in [0, 0.05) is 23.2 Å². The number of rotatable bonds is 3. The first-order valence-electron chi connectivity index (χ1n) is 7.32. The minimum absolute atomic E-state index is 0.575. The number of piperidine rings is 1. The molecule has 1 heterocycles. The maximum Gasteiger partial charge on any atom is 0.0514 e. The summed E-state index contributed by atoms with van der Waals surface area (Å²) in [5, 5.41) is 0. The largest absolute Gasteiger partial charge is 0.398 e. The van der Waals surface area contributed by atoms with Crippen molar-refractivity contribution in [1.82, 2.24) is 0 Å². The minimum Gasteiger partial charge on any atom is -0.398 e. The van der Waals surface area contributed by atoms with Crippen LogP contribution in [0.3, 0.4) is 0 Å². The molecule has 1 fully saturated rings. The van der Waals surface area contributed by atoms with Crippen molar-refractivity contribution in [2.45, 2.75) is 46.5 Å². The van der Waals surface area contributed by atoms with Gasteiger partial charge in [0.25, 0.3) is 0 Å². The molecule has 0 saturated carbocycles. The van der Waals surface area contributed by atoms with E-state index in [4.69, 9.17) is 5.73 Å². The Labute approximate surface area is 125 Å². The van der Waals surface area contributed by atoms with Crippen LogP contribution in [0, 0.1) is 12.3 Å². The van der Waals surface area contributed by atoms with Gasteiger partial charge in [-0.3, -0.25) is 0 Å². The van der Waals surface area contributed by atoms with E-state index in [0.717, 1.165) is 23.2 Å². The molecule has 1 aromatic rings. The number of hydrogen-bond acceptors (Lipinski definition) is 2. The Bertz CT molecular complexity index is 442. The fourth-order valence-corrected chi connectivity index (χ4v) is 3.71. The Morgan fingerprint density at radius 3 is 2.32 bits per heavy atom. The van der Waals surface area contributed by atoms with E-state index >= 15 is 0 Å². The minimum atomic E-state index is 0.575. The molecular formula is C16H25BrN2. The van der Waals surface area contributed by atoms with Gasteiger partial charge >= 0.3 is 0 Å². The third kappa shape index (κ3) is 2.91. The Hall–Kier alpha value is -0.700. The highest BCUT2D eigenvalue weighted by Crippen LogP contribution is 2.41. The lowest BCUT2D eigenvalue weighted by atomic mass is 9.74. The number of benzene rings is 1. The number of nitrogen functional groups attached to an aromatic ring is 1. The third-order valence-corrected chi connectivity index (χ3v) is 5.64. The molecule has 19 heavy (non-hydrogen) atoms. The van der Waals surface area contributed by atoms with Crippen LogP contribution in [0.2, 0.25) is 0 Å². The van der Waals surface area contributed by atoms with E-state index < -0.39 is 0 Å². The first-order chi connectivity index (χ1) is 9.01. The number of aryl methyl sites for hydroxylation is 1. The van der Waals surface area contributed by atoms with Gasteiger partial charge in [-0.25, -0.2) is 0 Å². The van der Waals surface area contributed by atoms with E-state index in [1.54, 1.807) is 0 Å². The van der Waals surface area contributed by atoms with Crippen LogP contribution in [0.4, 0.5) is 11.4 Å². The molecule has 0 aliphatic carbocycles. The molecule has 0 bridgehead atoms. The maximum atomic E-state index is 5.96. The van der Waals surface area contributed by atoms with Gasteiger partial charge in [-0.1, -0.05) is 26.7 Å². The van der Waals surface area contributed by atoms with Crippen LogP contribution < -0.4 is 10.6 Å². The van der Waals surface area contributed by atoms with Crippen molar-refractivity contribution in [3.63, 3.8) is 0 Å². The summed E-state index contributed by atoms with van der Waals surface area (Å²) in [5.41, 5.74) is 9.86. The van der Waals surface area contributed by atoms with Crippen molar-refractivity contribution in [3.05, 3.63) is 22.2 Å². The van der Waals surface area contributed by atoms with E-state index in [-0.39, 0.29) is 0 Å². The molecule has 2 nitrogen and oxygen atoms in total. The first kappa shape index (κ1) is 14.7. The molecule has 0 amide bonds. The summed E-state index contributed by atoms with van der Waals surface area (Å²) in [4.78, 5) is 2.50. The highest BCUT2D eigenvalue weighted by Gasteiger charge is 2.31. The topological polar surface area (TPSA) is 29.3 Å². The van der Waals surface area contributed by atoms with Crippen molar-refractivity contribution in [1.29, 1.82) is 0 Å². The molecule has 0 aromatic heterocycles. The molecular weight excluding hydrogens is 300 g/mol. The van der Waals surface area contributed by atoms with Crippen LogP contribution in [0.1, 0.15) is 45.1 Å². The molecule has 1 aromatic carbocycles. The summed E-state index contributed by atoms with van der Waals surface area (Å²) in [7, 11) is 0. The molecule has 0 radical (unpaired) electrons. The molecule has 0 unspecified atom stereocenters. The number of nitrogens with zero attached hydrogens (tertiary/aromatic N) is 1. The number of hydrogen-bond donors (Lipinski definition) is 1. The van der Waals surface area contributed by atoms with Gasteiger partial charge in [-0.05, 0) is 58.8 Å². The van der Waals surface area contributed by atoms with E-state index in [2.05, 4.69) is 47.7 Å². The fourth-order valence-electron chi connectivity index (χ4n) is 3.10. The van der Waals surface area contributed by atoms with E-state index in [0.29, 0.717) is 5.41 Å². The van der Waals surface area contributed by atoms with Crippen molar-refractivity contribution in [3.8, 4) is 0 Å². The van der Waals surface area contributed by atoms with Crippen molar-refractivity contribution in [2.75, 3.05) is 23.7 Å². The van der Waals surface area contributed by atoms with E-state index in [1.807, 2.05) is 6.07 Å². The normalized spacial score (nSPS) is 18.6. The summed E-state index contributed by atoms with van der Waals surface area (Å²) in [6.45, 7) is 9.07. The molecule has 0 spiro atoms. The van der Waals surface area contributed by atoms with Gasteiger partial charge in [-0.2, -0.15) is 0 Å². The summed E-state index contributed by atoms with van der Waals surface area (Å²) in [5.74, 6) is 0. The highest BCUT2D eigenvalue weighted by atomic mass is 79.9. The summed E-state index contributed by atoms with van der Waals surface area (Å²) >= 11 is 3.66. The van der Waals surface area contributed by atoms with Gasteiger partial charge in [0.05, 0.1) is 5.69 Å². The van der Waals surface area contributed by atoms with Crippen LogP contribution in [0.25, 0.3) is 0 Å². The van der Waals surface area contributed by atoms with E-state index in [1.165, 1.54) is 36.9 Å². The van der Waals surface area contributed by atoms with Crippen molar-refractivity contribution in [2.24, 2.45) is 5.41 Å². The molecule has 3 heteroatoms. The van der Waals surface area contributed by atoms with Gasteiger partial charge < -0.3 is 10.6 Å². The zero-order valence-corrected chi connectivity index (χ0v) is 13.9. The van der Waals surface area contributed by atoms with Crippen LogP contribution in [0.15, 0.2) is 16.6 Å². The lowest BCUT2D eigenvalue weighted by Gasteiger charge is -2.42. The molecule has 1 aliphatic heterocycles. The molecule has 2 rings (SSSR count). The van der Waals surface area contributed by atoms with Crippen molar-refractivity contribution >= 4 is 27.3 Å². The molecule has 106 valence electrons. The fraction of sp³-hybridized carbons (Fsp3) is 0.625. The number of nitrogens with two attached hydrogens (primary N) is 1. The summed E-state index contributed by atoms with van der Waals surface area (Å²) in [6.07, 6.45) is 5.21. The van der Waals surface area contributed by atoms with Crippen LogP contribution in [-0.2, 0) is 0 Å². The summed E-state index contributed by atoms with van der Waals surface area (Å²) < 4.78 is 1.12. The third-order valence-electron chi connectivity index (χ3n) is 5.00. The predicted octanol–water partition coefficient (Wildman–Crippen LogP) is 4.75. The Morgan fingerprint density at radius 1 is 1.21 bits per heavy atom. The van der Waals surface area contributed by atoms with E-state index in [9.17, 15) is 0 Å². The van der Waals surface area contributed by atoms with Crippen LogP contribution >= 0.6 is 15.9 Å². The molecule has 1 aliphatic rings. The smallest absolute Gasteiger partial charge is 0.0514 e. The lowest BCUT2D eigenvalue weighted by Crippen LogP contribution is -2.39.